The molecule has 3 aromatic rings. The van der Waals surface area contributed by atoms with E-state index in [1.54, 1.807) is 29.0 Å². The summed E-state index contributed by atoms with van der Waals surface area (Å²) in [7, 11) is 3.77. The van der Waals surface area contributed by atoms with Crippen molar-refractivity contribution in [3.8, 4) is 17.0 Å². The van der Waals surface area contributed by atoms with Crippen LogP contribution in [0.25, 0.3) is 16.8 Å². The zero-order valence-corrected chi connectivity index (χ0v) is 13.9. The van der Waals surface area contributed by atoms with Crippen LogP contribution in [-0.2, 0) is 6.54 Å². The van der Waals surface area contributed by atoms with Crippen molar-refractivity contribution in [3.05, 3.63) is 64.6 Å². The van der Waals surface area contributed by atoms with Gasteiger partial charge in [0.1, 0.15) is 18.2 Å². The van der Waals surface area contributed by atoms with Gasteiger partial charge < -0.3 is 10.0 Å². The molecule has 3 rings (SSSR count). The fraction of sp³-hybridized carbons (Fsp3) is 0.222. The van der Waals surface area contributed by atoms with Crippen molar-refractivity contribution in [2.75, 3.05) is 20.6 Å². The minimum absolute atomic E-state index is 0.138. The minimum atomic E-state index is -0.901. The lowest BCUT2D eigenvalue weighted by Crippen LogP contribution is -2.44. The maximum Gasteiger partial charge on any atom is 0.354 e. The number of rotatable bonds is 4. The Morgan fingerprint density at radius 1 is 1.20 bits per heavy atom. The number of pyridine rings is 1. The van der Waals surface area contributed by atoms with Gasteiger partial charge in [0.15, 0.2) is 5.56 Å². The first-order valence-electron chi connectivity index (χ1n) is 7.76. The van der Waals surface area contributed by atoms with Crippen molar-refractivity contribution >= 4 is 5.65 Å². The zero-order chi connectivity index (χ0) is 18.1. The van der Waals surface area contributed by atoms with Gasteiger partial charge in [-0.2, -0.15) is 8.97 Å². The summed E-state index contributed by atoms with van der Waals surface area (Å²) in [6.07, 6.45) is 1.55. The van der Waals surface area contributed by atoms with E-state index < -0.39 is 17.2 Å². The number of benzene rings is 1. The summed E-state index contributed by atoms with van der Waals surface area (Å²) < 4.78 is 30.3. The second-order valence-corrected chi connectivity index (χ2v) is 6.01. The predicted molar refractivity (Wildman–Crippen MR) is 89.4 cm³/mol. The van der Waals surface area contributed by atoms with Gasteiger partial charge in [-0.25, -0.2) is 13.6 Å². The lowest BCUT2D eigenvalue weighted by Gasteiger charge is -2.13. The van der Waals surface area contributed by atoms with Gasteiger partial charge in [0.05, 0.1) is 6.20 Å². The van der Waals surface area contributed by atoms with Crippen LogP contribution in [-0.4, -0.2) is 35.0 Å². The van der Waals surface area contributed by atoms with Crippen molar-refractivity contribution in [2.45, 2.75) is 6.54 Å². The number of likely N-dealkylation sites (N-methyl/N-ethyl adjacent to an activating group) is 1. The topological polar surface area (TPSA) is 48.8 Å². The summed E-state index contributed by atoms with van der Waals surface area (Å²) >= 11 is 0. The zero-order valence-electron chi connectivity index (χ0n) is 13.9. The number of halogens is 2. The summed E-state index contributed by atoms with van der Waals surface area (Å²) in [5.41, 5.74) is -0.418. The summed E-state index contributed by atoms with van der Waals surface area (Å²) in [4.78, 5) is 14.7. The van der Waals surface area contributed by atoms with Crippen LogP contribution in [0.2, 0.25) is 0 Å². The molecule has 0 radical (unpaired) electrons. The summed E-state index contributed by atoms with van der Waals surface area (Å²) in [6, 6.07) is 8.03. The minimum Gasteiger partial charge on any atom is -0.477 e. The maximum atomic E-state index is 14.2. The molecule has 0 bridgehead atoms. The molecule has 130 valence electrons. The van der Waals surface area contributed by atoms with E-state index in [0.29, 0.717) is 24.8 Å². The Kier molecular flexibility index (Phi) is 4.50. The lowest BCUT2D eigenvalue weighted by atomic mass is 10.1. The van der Waals surface area contributed by atoms with Crippen LogP contribution >= 0.6 is 0 Å². The highest BCUT2D eigenvalue weighted by molar-refractivity contribution is 5.67. The molecule has 0 fully saturated rings. The third kappa shape index (κ3) is 3.10. The second-order valence-electron chi connectivity index (χ2n) is 6.01. The molecule has 5 nitrogen and oxygen atoms in total. The predicted octanol–water partition coefficient (Wildman–Crippen LogP) is 1.80. The van der Waals surface area contributed by atoms with E-state index in [4.69, 9.17) is 0 Å². The summed E-state index contributed by atoms with van der Waals surface area (Å²) in [6.45, 7) is 0.995. The van der Waals surface area contributed by atoms with Gasteiger partial charge in [-0.15, -0.1) is 0 Å². The third-order valence-corrected chi connectivity index (χ3v) is 4.00. The largest absolute Gasteiger partial charge is 0.477 e. The molecule has 0 atom stereocenters. The highest BCUT2D eigenvalue weighted by atomic mass is 19.1. The number of fused-ring (bicyclic) bond motifs is 1. The molecule has 7 heteroatoms. The van der Waals surface area contributed by atoms with Crippen LogP contribution < -0.4 is 10.1 Å². The molecule has 0 unspecified atom stereocenters. The number of nitrogens with zero attached hydrogens (tertiary/aromatic N) is 3. The average molecular weight is 346 g/mol. The van der Waals surface area contributed by atoms with E-state index >= 15 is 0 Å². The Morgan fingerprint density at radius 3 is 2.64 bits per heavy atom. The lowest BCUT2D eigenvalue weighted by molar-refractivity contribution is -0.679. The monoisotopic (exact) mass is 346 g/mol. The van der Waals surface area contributed by atoms with E-state index in [0.717, 1.165) is 12.1 Å². The molecule has 0 saturated carbocycles. The van der Waals surface area contributed by atoms with Gasteiger partial charge in [0.25, 0.3) is 11.5 Å². The Morgan fingerprint density at radius 2 is 1.96 bits per heavy atom. The van der Waals surface area contributed by atoms with Gasteiger partial charge in [-0.1, -0.05) is 6.07 Å². The van der Waals surface area contributed by atoms with Crippen LogP contribution in [0.5, 0.6) is 5.88 Å². The molecule has 0 aliphatic heterocycles. The first-order valence-corrected chi connectivity index (χ1v) is 7.76. The van der Waals surface area contributed by atoms with E-state index in [-0.39, 0.29) is 17.0 Å². The molecule has 1 aromatic carbocycles. The van der Waals surface area contributed by atoms with Gasteiger partial charge >= 0.3 is 5.56 Å². The van der Waals surface area contributed by atoms with Crippen LogP contribution in [0.3, 0.4) is 0 Å². The van der Waals surface area contributed by atoms with E-state index in [2.05, 4.69) is 0 Å². The number of hydrogen-bond acceptors (Lipinski definition) is 3. The summed E-state index contributed by atoms with van der Waals surface area (Å²) in [5.74, 6) is -1.99. The van der Waals surface area contributed by atoms with Crippen molar-refractivity contribution in [1.82, 2.24) is 9.30 Å². The molecule has 0 aliphatic rings. The first-order chi connectivity index (χ1) is 11.9. The SMILES string of the molecule is CN(C)CC[n+]1c(O)c(-c2ccc(F)cc2F)c(=O)n2ccccc21. The molecular formula is C18H18F2N3O2+. The molecule has 2 aromatic heterocycles. The number of hydrogen-bond donors (Lipinski definition) is 1. The highest BCUT2D eigenvalue weighted by Gasteiger charge is 2.26. The van der Waals surface area contributed by atoms with Crippen LogP contribution in [0.1, 0.15) is 0 Å². The van der Waals surface area contributed by atoms with E-state index in [1.165, 1.54) is 4.40 Å². The third-order valence-electron chi connectivity index (χ3n) is 4.00. The summed E-state index contributed by atoms with van der Waals surface area (Å²) in [5, 5.41) is 10.7. The smallest absolute Gasteiger partial charge is 0.354 e. The van der Waals surface area contributed by atoms with E-state index in [9.17, 15) is 18.7 Å². The molecule has 2 heterocycles. The Hall–Kier alpha value is -2.80. The fourth-order valence-corrected chi connectivity index (χ4v) is 2.73. The quantitative estimate of drug-likeness (QED) is 0.733. The second kappa shape index (κ2) is 6.60. The molecular weight excluding hydrogens is 328 g/mol. The van der Waals surface area contributed by atoms with E-state index in [1.807, 2.05) is 19.0 Å². The highest BCUT2D eigenvalue weighted by Crippen LogP contribution is 2.26. The molecule has 0 amide bonds. The van der Waals surface area contributed by atoms with Crippen molar-refractivity contribution in [1.29, 1.82) is 0 Å². The molecule has 0 aliphatic carbocycles. The first kappa shape index (κ1) is 17.0. The van der Waals surface area contributed by atoms with Gasteiger partial charge in [-0.3, -0.25) is 0 Å². The number of aromatic nitrogens is 2. The van der Waals surface area contributed by atoms with Crippen molar-refractivity contribution in [3.63, 3.8) is 0 Å². The molecule has 0 spiro atoms. The van der Waals surface area contributed by atoms with Crippen molar-refractivity contribution in [2.24, 2.45) is 0 Å². The number of aromatic hydroxyl groups is 1. The average Bonchev–Trinajstić information content (AvgIpc) is 2.56. The van der Waals surface area contributed by atoms with Gasteiger partial charge in [0, 0.05) is 24.2 Å². The Balaban J connectivity index is 2.34. The fourth-order valence-electron chi connectivity index (χ4n) is 2.73. The normalized spacial score (nSPS) is 11.4. The van der Waals surface area contributed by atoms with Gasteiger partial charge in [-0.05, 0) is 32.3 Å². The Bertz CT molecular complexity index is 1000. The molecule has 1 N–H and O–H groups in total. The van der Waals surface area contributed by atoms with Crippen molar-refractivity contribution < 1.29 is 18.5 Å². The van der Waals surface area contributed by atoms with Crippen LogP contribution in [0, 0.1) is 11.6 Å². The maximum absolute atomic E-state index is 14.2. The van der Waals surface area contributed by atoms with Gasteiger partial charge in [0.2, 0.25) is 0 Å². The standard InChI is InChI=1S/C18H17F2N3O2/c1-21(2)9-10-23-15-5-3-4-8-22(15)17(24)16(18(23)25)13-7-6-12(19)11-14(13)20/h3-8,11H,9-10H2,1-2H3/p+1. The Labute approximate surface area is 143 Å². The van der Waals surface area contributed by atoms with Crippen LogP contribution in [0.4, 0.5) is 8.78 Å². The van der Waals surface area contributed by atoms with Crippen LogP contribution in [0.15, 0.2) is 47.4 Å². The molecule has 25 heavy (non-hydrogen) atoms. The molecule has 0 saturated heterocycles.